The molecule has 0 N–H and O–H groups in total. The SMILES string of the molecule is CN(c1ncnc2ccc(F)cc12)C1CCC1. The summed E-state index contributed by atoms with van der Waals surface area (Å²) in [5, 5.41) is 0.793. The highest BCUT2D eigenvalue weighted by atomic mass is 19.1. The third-order valence-corrected chi connectivity index (χ3v) is 3.53. The number of nitrogens with zero attached hydrogens (tertiary/aromatic N) is 3. The largest absolute Gasteiger partial charge is 0.356 e. The maximum atomic E-state index is 13.3. The minimum atomic E-state index is -0.240. The lowest BCUT2D eigenvalue weighted by molar-refractivity contribution is 0.400. The smallest absolute Gasteiger partial charge is 0.139 e. The van der Waals surface area contributed by atoms with Crippen molar-refractivity contribution in [2.75, 3.05) is 11.9 Å². The first-order valence-electron chi connectivity index (χ1n) is 5.89. The van der Waals surface area contributed by atoms with E-state index in [0.717, 1.165) is 16.7 Å². The van der Waals surface area contributed by atoms with Crippen molar-refractivity contribution < 1.29 is 4.39 Å². The standard InChI is InChI=1S/C13H14FN3/c1-17(10-3-2-4-10)13-11-7-9(14)5-6-12(11)15-8-16-13/h5-8,10H,2-4H2,1H3. The van der Waals surface area contributed by atoms with Gasteiger partial charge in [-0.2, -0.15) is 0 Å². The Hall–Kier alpha value is -1.71. The van der Waals surface area contributed by atoms with E-state index in [-0.39, 0.29) is 5.82 Å². The number of halogens is 1. The Balaban J connectivity index is 2.11. The van der Waals surface area contributed by atoms with Gasteiger partial charge in [0.25, 0.3) is 0 Å². The van der Waals surface area contributed by atoms with E-state index in [1.54, 1.807) is 12.4 Å². The number of fused-ring (bicyclic) bond motifs is 1. The zero-order valence-corrected chi connectivity index (χ0v) is 9.73. The van der Waals surface area contributed by atoms with E-state index in [9.17, 15) is 4.39 Å². The second-order valence-corrected chi connectivity index (χ2v) is 4.55. The van der Waals surface area contributed by atoms with Crippen molar-refractivity contribution in [1.29, 1.82) is 0 Å². The van der Waals surface area contributed by atoms with E-state index in [1.807, 2.05) is 7.05 Å². The van der Waals surface area contributed by atoms with Gasteiger partial charge in [-0.1, -0.05) is 0 Å². The van der Waals surface area contributed by atoms with Crippen molar-refractivity contribution >= 4 is 16.7 Å². The van der Waals surface area contributed by atoms with Crippen LogP contribution in [0.4, 0.5) is 10.2 Å². The van der Waals surface area contributed by atoms with Crippen LogP contribution in [0.15, 0.2) is 24.5 Å². The van der Waals surface area contributed by atoms with Gasteiger partial charge in [0.05, 0.1) is 5.52 Å². The summed E-state index contributed by atoms with van der Waals surface area (Å²) >= 11 is 0. The van der Waals surface area contributed by atoms with Gasteiger partial charge in [0, 0.05) is 18.5 Å². The van der Waals surface area contributed by atoms with Crippen molar-refractivity contribution in [3.05, 3.63) is 30.3 Å². The van der Waals surface area contributed by atoms with Gasteiger partial charge in [-0.15, -0.1) is 0 Å². The molecule has 1 aliphatic rings. The molecule has 3 nitrogen and oxygen atoms in total. The molecule has 0 bridgehead atoms. The number of benzene rings is 1. The maximum Gasteiger partial charge on any atom is 0.139 e. The Bertz CT molecular complexity index is 551. The molecule has 17 heavy (non-hydrogen) atoms. The van der Waals surface area contributed by atoms with Gasteiger partial charge in [-0.25, -0.2) is 14.4 Å². The molecule has 88 valence electrons. The molecule has 0 unspecified atom stereocenters. The summed E-state index contributed by atoms with van der Waals surface area (Å²) in [4.78, 5) is 10.6. The van der Waals surface area contributed by atoms with E-state index in [4.69, 9.17) is 0 Å². The molecule has 1 aromatic heterocycles. The molecular weight excluding hydrogens is 217 g/mol. The second kappa shape index (κ2) is 3.95. The molecule has 1 aromatic carbocycles. The second-order valence-electron chi connectivity index (χ2n) is 4.55. The van der Waals surface area contributed by atoms with Crippen molar-refractivity contribution in [3.8, 4) is 0 Å². The average molecular weight is 231 g/mol. The van der Waals surface area contributed by atoms with Crippen LogP contribution in [-0.2, 0) is 0 Å². The molecule has 2 aromatic rings. The molecule has 0 saturated heterocycles. The lowest BCUT2D eigenvalue weighted by Crippen LogP contribution is -2.37. The van der Waals surface area contributed by atoms with Crippen LogP contribution in [0.25, 0.3) is 10.9 Å². The minimum absolute atomic E-state index is 0.240. The summed E-state index contributed by atoms with van der Waals surface area (Å²) < 4.78 is 13.3. The molecule has 3 rings (SSSR count). The van der Waals surface area contributed by atoms with Gasteiger partial charge in [-0.3, -0.25) is 0 Å². The summed E-state index contributed by atoms with van der Waals surface area (Å²) in [6, 6.07) is 5.18. The van der Waals surface area contributed by atoms with Crippen LogP contribution >= 0.6 is 0 Å². The van der Waals surface area contributed by atoms with Crippen molar-refractivity contribution in [1.82, 2.24) is 9.97 Å². The summed E-state index contributed by atoms with van der Waals surface area (Å²) in [6.07, 6.45) is 5.20. The molecule has 0 aliphatic heterocycles. The molecule has 1 saturated carbocycles. The number of anilines is 1. The fourth-order valence-corrected chi connectivity index (χ4v) is 2.24. The Kier molecular flexibility index (Phi) is 2.42. The third kappa shape index (κ3) is 1.73. The predicted octanol–water partition coefficient (Wildman–Crippen LogP) is 2.76. The van der Waals surface area contributed by atoms with E-state index in [1.165, 1.54) is 31.4 Å². The van der Waals surface area contributed by atoms with Crippen LogP contribution in [-0.4, -0.2) is 23.1 Å². The lowest BCUT2D eigenvalue weighted by Gasteiger charge is -2.35. The van der Waals surface area contributed by atoms with E-state index >= 15 is 0 Å². The van der Waals surface area contributed by atoms with Gasteiger partial charge in [-0.05, 0) is 37.5 Å². The highest BCUT2D eigenvalue weighted by molar-refractivity contribution is 5.89. The lowest BCUT2D eigenvalue weighted by atomic mass is 9.92. The number of hydrogen-bond donors (Lipinski definition) is 0. The van der Waals surface area contributed by atoms with E-state index in [2.05, 4.69) is 14.9 Å². The third-order valence-electron chi connectivity index (χ3n) is 3.53. The van der Waals surface area contributed by atoms with E-state index < -0.39 is 0 Å². The fourth-order valence-electron chi connectivity index (χ4n) is 2.24. The summed E-state index contributed by atoms with van der Waals surface area (Å²) in [5.74, 6) is 0.592. The van der Waals surface area contributed by atoms with Crippen molar-refractivity contribution in [2.45, 2.75) is 25.3 Å². The molecule has 1 aliphatic carbocycles. The Morgan fingerprint density at radius 3 is 2.82 bits per heavy atom. The predicted molar refractivity (Wildman–Crippen MR) is 65.5 cm³/mol. The molecule has 0 amide bonds. The summed E-state index contributed by atoms with van der Waals surface area (Å²) in [6.45, 7) is 0. The zero-order valence-electron chi connectivity index (χ0n) is 9.73. The number of aromatic nitrogens is 2. The first-order chi connectivity index (χ1) is 8.25. The van der Waals surface area contributed by atoms with Crippen LogP contribution in [0.1, 0.15) is 19.3 Å². The van der Waals surface area contributed by atoms with Crippen LogP contribution in [0.3, 0.4) is 0 Å². The van der Waals surface area contributed by atoms with Crippen molar-refractivity contribution in [3.63, 3.8) is 0 Å². The molecule has 4 heteroatoms. The molecule has 0 atom stereocenters. The topological polar surface area (TPSA) is 29.0 Å². The Labute approximate surface area is 99.3 Å². The van der Waals surface area contributed by atoms with Gasteiger partial charge in [0.2, 0.25) is 0 Å². The Morgan fingerprint density at radius 2 is 2.12 bits per heavy atom. The first kappa shape index (κ1) is 10.4. The van der Waals surface area contributed by atoms with Crippen LogP contribution in [0, 0.1) is 5.82 Å². The molecular formula is C13H14FN3. The van der Waals surface area contributed by atoms with Crippen LogP contribution in [0.5, 0.6) is 0 Å². The number of rotatable bonds is 2. The average Bonchev–Trinajstić information content (AvgIpc) is 2.25. The molecule has 0 spiro atoms. The van der Waals surface area contributed by atoms with Crippen LogP contribution in [0.2, 0.25) is 0 Å². The Morgan fingerprint density at radius 1 is 1.29 bits per heavy atom. The van der Waals surface area contributed by atoms with Gasteiger partial charge >= 0.3 is 0 Å². The normalized spacial score (nSPS) is 15.9. The molecule has 1 heterocycles. The van der Waals surface area contributed by atoms with Gasteiger partial charge in [0.1, 0.15) is 18.0 Å². The quantitative estimate of drug-likeness (QED) is 0.795. The first-order valence-corrected chi connectivity index (χ1v) is 5.89. The highest BCUT2D eigenvalue weighted by Crippen LogP contribution is 2.30. The monoisotopic (exact) mass is 231 g/mol. The van der Waals surface area contributed by atoms with Crippen molar-refractivity contribution in [2.24, 2.45) is 0 Å². The summed E-state index contributed by atoms with van der Waals surface area (Å²) in [5.41, 5.74) is 0.794. The van der Waals surface area contributed by atoms with Gasteiger partial charge < -0.3 is 4.90 Å². The van der Waals surface area contributed by atoms with E-state index in [0.29, 0.717) is 6.04 Å². The fraction of sp³-hybridized carbons (Fsp3) is 0.385. The number of hydrogen-bond acceptors (Lipinski definition) is 3. The molecule has 0 radical (unpaired) electrons. The minimum Gasteiger partial charge on any atom is -0.356 e. The van der Waals surface area contributed by atoms with Crippen LogP contribution < -0.4 is 4.90 Å². The van der Waals surface area contributed by atoms with Gasteiger partial charge in [0.15, 0.2) is 0 Å². The zero-order chi connectivity index (χ0) is 11.8. The maximum absolute atomic E-state index is 13.3. The highest BCUT2D eigenvalue weighted by Gasteiger charge is 2.24. The summed E-state index contributed by atoms with van der Waals surface area (Å²) in [7, 11) is 2.02. The molecule has 1 fully saturated rings.